The summed E-state index contributed by atoms with van der Waals surface area (Å²) in [6.45, 7) is 0. The summed E-state index contributed by atoms with van der Waals surface area (Å²) in [6, 6.07) is 14.7. The van der Waals surface area contributed by atoms with Crippen LogP contribution < -0.4 is 5.73 Å². The first-order valence-corrected chi connectivity index (χ1v) is 10.8. The van der Waals surface area contributed by atoms with Crippen LogP contribution in [0.2, 0.25) is 5.02 Å². The number of halogens is 1. The summed E-state index contributed by atoms with van der Waals surface area (Å²) in [5, 5.41) is 9.92. The zero-order valence-electron chi connectivity index (χ0n) is 16.9. The standard InChI is InChI=1S/C25H22ClN3O2/c26-18-6-7-21(27)19(12-18)17-5-8-22(28-13-17)20(9-14-1-2-14)24-10-15-3-4-16(25(30)31)11-23(15)29-24/h3-8,11-14,20H,1-2,9-10,27H2,(H,30,31). The molecule has 2 aliphatic rings. The molecule has 1 aliphatic carbocycles. The zero-order valence-corrected chi connectivity index (χ0v) is 17.6. The third kappa shape index (κ3) is 4.06. The van der Waals surface area contributed by atoms with Gasteiger partial charge in [-0.1, -0.05) is 36.6 Å². The number of hydrogen-bond acceptors (Lipinski definition) is 4. The second kappa shape index (κ2) is 7.82. The molecular weight excluding hydrogens is 410 g/mol. The molecule has 1 aliphatic heterocycles. The molecule has 1 atom stereocenters. The number of carboxylic acids is 1. The second-order valence-electron chi connectivity index (χ2n) is 8.36. The average molecular weight is 432 g/mol. The molecule has 1 aromatic heterocycles. The van der Waals surface area contributed by atoms with E-state index in [1.165, 1.54) is 12.8 Å². The first kappa shape index (κ1) is 19.8. The van der Waals surface area contributed by atoms with Crippen molar-refractivity contribution in [1.29, 1.82) is 0 Å². The molecule has 2 heterocycles. The van der Waals surface area contributed by atoms with Crippen LogP contribution in [-0.4, -0.2) is 21.8 Å². The monoisotopic (exact) mass is 431 g/mol. The molecule has 1 saturated carbocycles. The van der Waals surface area contributed by atoms with E-state index < -0.39 is 5.97 Å². The van der Waals surface area contributed by atoms with Crippen molar-refractivity contribution in [1.82, 2.24) is 4.98 Å². The number of carboxylic acid groups (broad SMARTS) is 1. The van der Waals surface area contributed by atoms with E-state index in [4.69, 9.17) is 27.3 Å². The third-order valence-corrected chi connectivity index (χ3v) is 6.34. The Kier molecular flexibility index (Phi) is 4.98. The van der Waals surface area contributed by atoms with E-state index in [-0.39, 0.29) is 11.5 Å². The molecule has 6 heteroatoms. The maximum Gasteiger partial charge on any atom is 0.335 e. The van der Waals surface area contributed by atoms with Gasteiger partial charge in [0.1, 0.15) is 0 Å². The number of rotatable bonds is 6. The van der Waals surface area contributed by atoms with E-state index in [2.05, 4.69) is 6.07 Å². The second-order valence-corrected chi connectivity index (χ2v) is 8.80. The van der Waals surface area contributed by atoms with Crippen LogP contribution >= 0.6 is 11.6 Å². The highest BCUT2D eigenvalue weighted by Crippen LogP contribution is 2.42. The van der Waals surface area contributed by atoms with Crippen LogP contribution in [0.25, 0.3) is 11.1 Å². The number of benzene rings is 2. The maximum absolute atomic E-state index is 11.3. The van der Waals surface area contributed by atoms with Crippen molar-refractivity contribution in [3.05, 3.63) is 76.6 Å². The highest BCUT2D eigenvalue weighted by atomic mass is 35.5. The normalized spacial score (nSPS) is 16.0. The van der Waals surface area contributed by atoms with Crippen molar-refractivity contribution < 1.29 is 9.90 Å². The Bertz CT molecular complexity index is 1200. The first-order valence-electron chi connectivity index (χ1n) is 10.4. The molecule has 156 valence electrons. The Morgan fingerprint density at radius 3 is 2.71 bits per heavy atom. The SMILES string of the molecule is Nc1ccc(Cl)cc1-c1ccc(C(CC2CC2)C2=Nc3cc(C(=O)O)ccc3C2)nc1. The predicted molar refractivity (Wildman–Crippen MR) is 123 cm³/mol. The minimum Gasteiger partial charge on any atom is -0.478 e. The van der Waals surface area contributed by atoms with E-state index in [1.807, 2.05) is 24.4 Å². The number of pyridine rings is 1. The van der Waals surface area contributed by atoms with Crippen LogP contribution in [0.15, 0.2) is 59.7 Å². The number of aromatic carboxylic acids is 1. The number of nitrogens with two attached hydrogens (primary N) is 1. The van der Waals surface area contributed by atoms with E-state index in [0.29, 0.717) is 16.6 Å². The first-order chi connectivity index (χ1) is 15.0. The summed E-state index contributed by atoms with van der Waals surface area (Å²) in [4.78, 5) is 20.9. The molecule has 3 aromatic rings. The quantitative estimate of drug-likeness (QED) is 0.476. The molecule has 0 amide bonds. The van der Waals surface area contributed by atoms with Gasteiger partial charge in [-0.25, -0.2) is 4.79 Å². The molecule has 0 spiro atoms. The Balaban J connectivity index is 1.46. The van der Waals surface area contributed by atoms with Gasteiger partial charge in [0.2, 0.25) is 0 Å². The highest BCUT2D eigenvalue weighted by molar-refractivity contribution is 6.31. The lowest BCUT2D eigenvalue weighted by Crippen LogP contribution is -2.15. The molecule has 5 nitrogen and oxygen atoms in total. The highest BCUT2D eigenvalue weighted by Gasteiger charge is 2.32. The van der Waals surface area contributed by atoms with Gasteiger partial charge in [-0.3, -0.25) is 9.98 Å². The van der Waals surface area contributed by atoms with E-state index in [9.17, 15) is 9.90 Å². The molecule has 0 saturated heterocycles. The summed E-state index contributed by atoms with van der Waals surface area (Å²) < 4.78 is 0. The number of anilines is 1. The summed E-state index contributed by atoms with van der Waals surface area (Å²) in [5.74, 6) is -0.103. The summed E-state index contributed by atoms with van der Waals surface area (Å²) in [7, 11) is 0. The van der Waals surface area contributed by atoms with Gasteiger partial charge in [0.05, 0.1) is 11.3 Å². The Hall–Kier alpha value is -3.18. The van der Waals surface area contributed by atoms with Gasteiger partial charge in [-0.15, -0.1) is 0 Å². The number of nitrogen functional groups attached to an aromatic ring is 1. The smallest absolute Gasteiger partial charge is 0.335 e. The molecule has 5 rings (SSSR count). The van der Waals surface area contributed by atoms with Crippen LogP contribution in [0.5, 0.6) is 0 Å². The number of carbonyl (C=O) groups is 1. The number of fused-ring (bicyclic) bond motifs is 1. The van der Waals surface area contributed by atoms with Crippen molar-refractivity contribution in [2.24, 2.45) is 10.9 Å². The molecular formula is C25H22ClN3O2. The lowest BCUT2D eigenvalue weighted by atomic mass is 9.89. The van der Waals surface area contributed by atoms with Crippen LogP contribution in [-0.2, 0) is 6.42 Å². The van der Waals surface area contributed by atoms with Gasteiger partial charge in [-0.2, -0.15) is 0 Å². The molecule has 0 bridgehead atoms. The van der Waals surface area contributed by atoms with Gasteiger partial charge >= 0.3 is 5.97 Å². The molecule has 31 heavy (non-hydrogen) atoms. The van der Waals surface area contributed by atoms with Crippen molar-refractivity contribution in [2.75, 3.05) is 5.73 Å². The molecule has 2 aromatic carbocycles. The minimum absolute atomic E-state index is 0.124. The minimum atomic E-state index is -0.932. The molecule has 0 radical (unpaired) electrons. The predicted octanol–water partition coefficient (Wildman–Crippen LogP) is 5.89. The fraction of sp³-hybridized carbons (Fsp3) is 0.240. The number of hydrogen-bond donors (Lipinski definition) is 2. The molecule has 1 unspecified atom stereocenters. The number of nitrogens with zero attached hydrogens (tertiary/aromatic N) is 2. The Morgan fingerprint density at radius 1 is 1.16 bits per heavy atom. The topological polar surface area (TPSA) is 88.6 Å². The van der Waals surface area contributed by atoms with Crippen molar-refractivity contribution in [2.45, 2.75) is 31.6 Å². The van der Waals surface area contributed by atoms with Gasteiger partial charge in [0, 0.05) is 51.8 Å². The van der Waals surface area contributed by atoms with Crippen molar-refractivity contribution in [3.8, 4) is 11.1 Å². The molecule has 3 N–H and O–H groups in total. The van der Waals surface area contributed by atoms with Crippen LogP contribution in [0.4, 0.5) is 11.4 Å². The van der Waals surface area contributed by atoms with Crippen molar-refractivity contribution >= 4 is 34.7 Å². The largest absolute Gasteiger partial charge is 0.478 e. The summed E-state index contributed by atoms with van der Waals surface area (Å²) in [5.41, 5.74) is 12.7. The van der Waals surface area contributed by atoms with Crippen LogP contribution in [0.1, 0.15) is 46.8 Å². The maximum atomic E-state index is 11.3. The van der Waals surface area contributed by atoms with Gasteiger partial charge in [0.15, 0.2) is 0 Å². The third-order valence-electron chi connectivity index (χ3n) is 6.11. The van der Waals surface area contributed by atoms with Gasteiger partial charge in [0.25, 0.3) is 0 Å². The zero-order chi connectivity index (χ0) is 21.5. The van der Waals surface area contributed by atoms with Crippen molar-refractivity contribution in [3.63, 3.8) is 0 Å². The fourth-order valence-corrected chi connectivity index (χ4v) is 4.38. The Labute approximate surface area is 185 Å². The van der Waals surface area contributed by atoms with Gasteiger partial charge < -0.3 is 10.8 Å². The lowest BCUT2D eigenvalue weighted by Gasteiger charge is -2.17. The summed E-state index contributed by atoms with van der Waals surface area (Å²) >= 11 is 6.15. The van der Waals surface area contributed by atoms with E-state index in [1.54, 1.807) is 24.3 Å². The van der Waals surface area contributed by atoms with Gasteiger partial charge in [-0.05, 0) is 54.3 Å². The summed E-state index contributed by atoms with van der Waals surface area (Å²) in [6.07, 6.45) is 6.10. The molecule has 1 fully saturated rings. The van der Waals surface area contributed by atoms with E-state index in [0.717, 1.165) is 46.6 Å². The Morgan fingerprint density at radius 2 is 2.00 bits per heavy atom. The number of aromatic nitrogens is 1. The van der Waals surface area contributed by atoms with E-state index >= 15 is 0 Å². The number of aliphatic imine (C=N–C) groups is 1. The van der Waals surface area contributed by atoms with Crippen LogP contribution in [0.3, 0.4) is 0 Å². The van der Waals surface area contributed by atoms with Crippen LogP contribution in [0, 0.1) is 5.92 Å². The average Bonchev–Trinajstić information content (AvgIpc) is 3.49. The fourth-order valence-electron chi connectivity index (χ4n) is 4.20. The lowest BCUT2D eigenvalue weighted by molar-refractivity contribution is 0.0697.